The van der Waals surface area contributed by atoms with Gasteiger partial charge in [0.1, 0.15) is 0 Å². The second kappa shape index (κ2) is 11.4. The second-order valence-corrected chi connectivity index (χ2v) is 9.06. The summed E-state index contributed by atoms with van der Waals surface area (Å²) in [6.45, 7) is 6.30. The van der Waals surface area contributed by atoms with Gasteiger partial charge >= 0.3 is 0 Å². The number of anilines is 1. The molecule has 0 bridgehead atoms. The van der Waals surface area contributed by atoms with E-state index in [0.717, 1.165) is 40.3 Å². The number of amides is 1. The molecule has 3 aromatic rings. The highest BCUT2D eigenvalue weighted by atomic mass is 16.6. The zero-order valence-corrected chi connectivity index (χ0v) is 20.3. The van der Waals surface area contributed by atoms with E-state index < -0.39 is 6.10 Å². The Morgan fingerprint density at radius 1 is 1.14 bits per heavy atom. The Morgan fingerprint density at radius 3 is 2.69 bits per heavy atom. The van der Waals surface area contributed by atoms with Crippen LogP contribution >= 0.6 is 0 Å². The maximum absolute atomic E-state index is 12.7. The molecule has 7 heteroatoms. The van der Waals surface area contributed by atoms with Gasteiger partial charge in [-0.1, -0.05) is 54.5 Å². The summed E-state index contributed by atoms with van der Waals surface area (Å²) in [6.07, 6.45) is 4.75. The van der Waals surface area contributed by atoms with Crippen LogP contribution in [0.5, 0.6) is 5.75 Å². The van der Waals surface area contributed by atoms with E-state index in [1.807, 2.05) is 67.6 Å². The number of pyridine rings is 1. The lowest BCUT2D eigenvalue weighted by Crippen LogP contribution is -2.28. The molecule has 0 radical (unpaired) electrons. The number of oxime groups is 2. The predicted octanol–water partition coefficient (Wildman–Crippen LogP) is 5.60. The number of rotatable bonds is 9. The van der Waals surface area contributed by atoms with Crippen LogP contribution in [0.1, 0.15) is 50.3 Å². The molecule has 4 rings (SSSR count). The average molecular weight is 471 g/mol. The molecule has 180 valence electrons. The monoisotopic (exact) mass is 470 g/mol. The van der Waals surface area contributed by atoms with Crippen molar-refractivity contribution in [3.63, 3.8) is 0 Å². The number of hydrogen-bond donors (Lipinski definition) is 1. The molecule has 1 aliphatic heterocycles. The molecular formula is C28H30N4O3. The molecule has 2 aromatic carbocycles. The molecule has 0 fully saturated rings. The summed E-state index contributed by atoms with van der Waals surface area (Å²) in [4.78, 5) is 27.8. The first kappa shape index (κ1) is 24.1. The largest absolute Gasteiger partial charge is 0.382 e. The number of carbonyl (C=O) groups is 1. The van der Waals surface area contributed by atoms with Gasteiger partial charge in [0, 0.05) is 42.0 Å². The van der Waals surface area contributed by atoms with Gasteiger partial charge in [0.05, 0.1) is 11.4 Å². The molecule has 0 saturated carbocycles. The van der Waals surface area contributed by atoms with Crippen LogP contribution < -0.4 is 10.2 Å². The summed E-state index contributed by atoms with van der Waals surface area (Å²) in [5.74, 6) is 1.05. The smallest absolute Gasteiger partial charge is 0.268 e. The van der Waals surface area contributed by atoms with Gasteiger partial charge in [-0.3, -0.25) is 9.78 Å². The fraction of sp³-hybridized carbons (Fsp3) is 0.286. The van der Waals surface area contributed by atoms with Crippen molar-refractivity contribution >= 4 is 23.0 Å². The van der Waals surface area contributed by atoms with Gasteiger partial charge in [0.15, 0.2) is 5.75 Å². The molecule has 0 aliphatic carbocycles. The number of nitrogens with zero attached hydrogens (tertiary/aromatic N) is 3. The van der Waals surface area contributed by atoms with Crippen molar-refractivity contribution in [3.8, 4) is 5.75 Å². The lowest BCUT2D eigenvalue weighted by atomic mass is 10.0. The number of benzene rings is 2. The van der Waals surface area contributed by atoms with Crippen molar-refractivity contribution < 1.29 is 14.5 Å². The van der Waals surface area contributed by atoms with Crippen LogP contribution in [-0.4, -0.2) is 28.4 Å². The third-order valence-electron chi connectivity index (χ3n) is 5.55. The Bertz CT molecular complexity index is 1200. The highest BCUT2D eigenvalue weighted by Crippen LogP contribution is 2.23. The molecule has 7 nitrogen and oxygen atoms in total. The Kier molecular flexibility index (Phi) is 7.88. The molecule has 1 atom stereocenters. The van der Waals surface area contributed by atoms with Crippen LogP contribution in [0.25, 0.3) is 0 Å². The predicted molar refractivity (Wildman–Crippen MR) is 138 cm³/mol. The summed E-state index contributed by atoms with van der Waals surface area (Å²) in [5.41, 5.74) is 5.40. The third-order valence-corrected chi connectivity index (χ3v) is 5.55. The van der Waals surface area contributed by atoms with Gasteiger partial charge < -0.3 is 15.0 Å². The van der Waals surface area contributed by atoms with Crippen molar-refractivity contribution in [1.82, 2.24) is 4.98 Å². The fourth-order valence-corrected chi connectivity index (χ4v) is 3.86. The maximum atomic E-state index is 12.7. The van der Waals surface area contributed by atoms with E-state index in [1.54, 1.807) is 12.4 Å². The number of aromatic nitrogens is 1. The minimum absolute atomic E-state index is 0.228. The van der Waals surface area contributed by atoms with E-state index in [2.05, 4.69) is 34.5 Å². The van der Waals surface area contributed by atoms with Crippen molar-refractivity contribution in [1.29, 1.82) is 0 Å². The lowest BCUT2D eigenvalue weighted by molar-refractivity contribution is -0.125. The van der Waals surface area contributed by atoms with Gasteiger partial charge in [-0.05, 0) is 55.2 Å². The van der Waals surface area contributed by atoms with Gasteiger partial charge in [-0.15, -0.1) is 0 Å². The average Bonchev–Trinajstić information content (AvgIpc) is 3.36. The normalized spacial score (nSPS) is 15.5. The topological polar surface area (TPSA) is 85.2 Å². The Morgan fingerprint density at radius 2 is 1.94 bits per heavy atom. The summed E-state index contributed by atoms with van der Waals surface area (Å²) < 4.78 is 0. The van der Waals surface area contributed by atoms with Crippen LogP contribution in [0.2, 0.25) is 0 Å². The molecule has 0 saturated heterocycles. The summed E-state index contributed by atoms with van der Waals surface area (Å²) in [6, 6.07) is 19.4. The van der Waals surface area contributed by atoms with Gasteiger partial charge in [-0.25, -0.2) is 0 Å². The van der Waals surface area contributed by atoms with Crippen LogP contribution in [0, 0.1) is 5.92 Å². The van der Waals surface area contributed by atoms with Crippen LogP contribution in [-0.2, 0) is 16.1 Å². The second-order valence-electron chi connectivity index (χ2n) is 9.06. The summed E-state index contributed by atoms with van der Waals surface area (Å²) in [5, 5.41) is 11.3. The highest BCUT2D eigenvalue weighted by Gasteiger charge is 2.29. The minimum atomic E-state index is -0.659. The molecule has 0 unspecified atom stereocenters. The Balaban J connectivity index is 1.33. The first-order valence-corrected chi connectivity index (χ1v) is 11.8. The molecule has 0 spiro atoms. The lowest BCUT2D eigenvalue weighted by Gasteiger charge is -2.11. The molecule has 1 N–H and O–H groups in total. The van der Waals surface area contributed by atoms with Gasteiger partial charge in [-0.2, -0.15) is 0 Å². The molecule has 1 aliphatic rings. The first-order valence-electron chi connectivity index (χ1n) is 11.8. The van der Waals surface area contributed by atoms with E-state index in [1.165, 1.54) is 0 Å². The van der Waals surface area contributed by atoms with E-state index >= 15 is 0 Å². The van der Waals surface area contributed by atoms with Crippen LogP contribution in [0.3, 0.4) is 0 Å². The number of para-hydroxylation sites is 1. The molecule has 1 amide bonds. The van der Waals surface area contributed by atoms with Crippen LogP contribution in [0.15, 0.2) is 83.4 Å². The summed E-state index contributed by atoms with van der Waals surface area (Å²) in [7, 11) is 0. The van der Waals surface area contributed by atoms with Gasteiger partial charge in [0.2, 0.25) is 6.10 Å². The van der Waals surface area contributed by atoms with E-state index in [-0.39, 0.29) is 5.91 Å². The molecule has 35 heavy (non-hydrogen) atoms. The molecule has 2 heterocycles. The van der Waals surface area contributed by atoms with E-state index in [9.17, 15) is 4.79 Å². The van der Waals surface area contributed by atoms with E-state index in [0.29, 0.717) is 24.4 Å². The fourth-order valence-electron chi connectivity index (χ4n) is 3.86. The third kappa shape index (κ3) is 6.76. The Hall–Kier alpha value is -4.00. The van der Waals surface area contributed by atoms with Crippen LogP contribution in [0.4, 0.5) is 5.69 Å². The van der Waals surface area contributed by atoms with E-state index in [4.69, 9.17) is 9.68 Å². The Labute approximate surface area is 205 Å². The van der Waals surface area contributed by atoms with Crippen molar-refractivity contribution in [3.05, 3.63) is 89.7 Å². The molecular weight excluding hydrogens is 440 g/mol. The van der Waals surface area contributed by atoms with Gasteiger partial charge in [0.25, 0.3) is 5.91 Å². The number of nitrogens with one attached hydrogen (secondary N) is 1. The number of hydrogen-bond acceptors (Lipinski definition) is 6. The minimum Gasteiger partial charge on any atom is -0.382 e. The SMILES string of the molecule is CC(CC(C)C)=NOc1ccccc1Cc1ccc(NC(=O)[C@@H]2CC(c3cccnc3)=NO2)cc1. The summed E-state index contributed by atoms with van der Waals surface area (Å²) >= 11 is 0. The zero-order valence-electron chi connectivity index (χ0n) is 20.3. The number of carbonyl (C=O) groups excluding carboxylic acids is 1. The van der Waals surface area contributed by atoms with Crippen molar-refractivity contribution in [2.24, 2.45) is 16.2 Å². The maximum Gasteiger partial charge on any atom is 0.268 e. The zero-order chi connectivity index (χ0) is 24.6. The van der Waals surface area contributed by atoms with Crippen molar-refractivity contribution in [2.75, 3.05) is 5.32 Å². The first-order chi connectivity index (χ1) is 17.0. The molecule has 1 aromatic heterocycles. The quantitative estimate of drug-likeness (QED) is 0.326. The van der Waals surface area contributed by atoms with Crippen molar-refractivity contribution in [2.45, 2.75) is 46.1 Å². The highest BCUT2D eigenvalue weighted by molar-refractivity contribution is 6.05. The standard InChI is InChI=1S/C28H30N4O3/c1-19(2)15-20(3)31-34-26-9-5-4-7-22(26)16-21-10-12-24(13-11-21)30-28(33)27-17-25(32-35-27)23-8-6-14-29-18-23/h4-14,18-19,27H,15-17H2,1-3H3,(H,30,33)/t27-/m0/s1.